The molecule has 0 radical (unpaired) electrons. The molecule has 1 saturated carbocycles. The van der Waals surface area contributed by atoms with Crippen molar-refractivity contribution in [3.63, 3.8) is 0 Å². The fourth-order valence-electron chi connectivity index (χ4n) is 2.67. The highest BCUT2D eigenvalue weighted by molar-refractivity contribution is 6.01. The standard InChI is InChI=1S/C9H13N3O2/c13-8-3-11-9(14)12(8)4-7-5-1-10-2-6(5)7/h5-7,10H,1-4H2,(H,11,14). The molecule has 2 N–H and O–H groups in total. The molecule has 3 rings (SSSR count). The number of nitrogens with one attached hydrogen (secondary N) is 2. The van der Waals surface area contributed by atoms with E-state index in [2.05, 4.69) is 10.6 Å². The minimum Gasteiger partial charge on any atom is -0.329 e. The molecule has 3 fully saturated rings. The van der Waals surface area contributed by atoms with E-state index in [4.69, 9.17) is 0 Å². The van der Waals surface area contributed by atoms with Gasteiger partial charge < -0.3 is 10.6 Å². The number of rotatable bonds is 2. The van der Waals surface area contributed by atoms with E-state index in [9.17, 15) is 9.59 Å². The molecule has 0 spiro atoms. The van der Waals surface area contributed by atoms with E-state index in [0.29, 0.717) is 24.3 Å². The van der Waals surface area contributed by atoms with Gasteiger partial charge in [-0.25, -0.2) is 4.79 Å². The van der Waals surface area contributed by atoms with Crippen LogP contribution in [0.1, 0.15) is 0 Å². The Balaban J connectivity index is 1.62. The van der Waals surface area contributed by atoms with Crippen LogP contribution in [0.5, 0.6) is 0 Å². The quantitative estimate of drug-likeness (QED) is 0.556. The highest BCUT2D eigenvalue weighted by Crippen LogP contribution is 2.48. The number of carbonyl (C=O) groups is 2. The first kappa shape index (κ1) is 8.23. The van der Waals surface area contributed by atoms with Crippen LogP contribution in [0.3, 0.4) is 0 Å². The Hall–Kier alpha value is -1.10. The molecule has 0 aromatic rings. The van der Waals surface area contributed by atoms with Crippen molar-refractivity contribution in [1.82, 2.24) is 15.5 Å². The maximum atomic E-state index is 11.3. The highest BCUT2D eigenvalue weighted by atomic mass is 16.2. The molecule has 0 aromatic heterocycles. The van der Waals surface area contributed by atoms with E-state index >= 15 is 0 Å². The van der Waals surface area contributed by atoms with Crippen molar-refractivity contribution in [2.75, 3.05) is 26.2 Å². The predicted octanol–water partition coefficient (Wildman–Crippen LogP) is -0.996. The molecule has 2 unspecified atom stereocenters. The third-order valence-electron chi connectivity index (χ3n) is 3.60. The van der Waals surface area contributed by atoms with Crippen LogP contribution in [-0.4, -0.2) is 43.0 Å². The Labute approximate surface area is 81.8 Å². The largest absolute Gasteiger partial charge is 0.329 e. The molecule has 5 heteroatoms. The van der Waals surface area contributed by atoms with Crippen LogP contribution < -0.4 is 10.6 Å². The van der Waals surface area contributed by atoms with E-state index in [0.717, 1.165) is 13.1 Å². The monoisotopic (exact) mass is 195 g/mol. The molecule has 2 saturated heterocycles. The van der Waals surface area contributed by atoms with Crippen LogP contribution in [0, 0.1) is 17.8 Å². The number of hydrogen-bond donors (Lipinski definition) is 2. The van der Waals surface area contributed by atoms with Crippen LogP contribution in [-0.2, 0) is 4.79 Å². The van der Waals surface area contributed by atoms with E-state index in [1.165, 1.54) is 4.90 Å². The lowest BCUT2D eigenvalue weighted by molar-refractivity contribution is -0.125. The predicted molar refractivity (Wildman–Crippen MR) is 48.5 cm³/mol. The van der Waals surface area contributed by atoms with Gasteiger partial charge in [0.05, 0.1) is 6.54 Å². The number of carbonyl (C=O) groups excluding carboxylic acids is 2. The molecule has 76 valence electrons. The Kier molecular flexibility index (Phi) is 1.58. The molecule has 2 aliphatic heterocycles. The number of imide groups is 1. The normalized spacial score (nSPS) is 40.0. The van der Waals surface area contributed by atoms with E-state index < -0.39 is 0 Å². The molecular formula is C9H13N3O2. The number of hydrogen-bond acceptors (Lipinski definition) is 3. The molecule has 3 amide bonds. The number of fused-ring (bicyclic) bond motifs is 1. The van der Waals surface area contributed by atoms with Gasteiger partial charge in [0.15, 0.2) is 0 Å². The van der Waals surface area contributed by atoms with Gasteiger partial charge in [0, 0.05) is 6.54 Å². The Morgan fingerprint density at radius 2 is 2.00 bits per heavy atom. The SMILES string of the molecule is O=C1CNC(=O)N1CC1C2CNCC21. The summed E-state index contributed by atoms with van der Waals surface area (Å²) < 4.78 is 0. The molecule has 14 heavy (non-hydrogen) atoms. The van der Waals surface area contributed by atoms with Crippen molar-refractivity contribution in [3.05, 3.63) is 0 Å². The third kappa shape index (κ3) is 1.05. The van der Waals surface area contributed by atoms with Crippen molar-refractivity contribution in [2.24, 2.45) is 17.8 Å². The first-order valence-corrected chi connectivity index (χ1v) is 5.06. The molecule has 5 nitrogen and oxygen atoms in total. The number of nitrogens with zero attached hydrogens (tertiary/aromatic N) is 1. The fraction of sp³-hybridized carbons (Fsp3) is 0.778. The van der Waals surface area contributed by atoms with Crippen LogP contribution in [0.15, 0.2) is 0 Å². The van der Waals surface area contributed by atoms with Gasteiger partial charge in [-0.2, -0.15) is 0 Å². The molecule has 2 heterocycles. The summed E-state index contributed by atoms with van der Waals surface area (Å²) in [5, 5.41) is 5.84. The maximum absolute atomic E-state index is 11.3. The zero-order valence-electron chi connectivity index (χ0n) is 7.82. The smallest absolute Gasteiger partial charge is 0.324 e. The Morgan fingerprint density at radius 3 is 2.57 bits per heavy atom. The van der Waals surface area contributed by atoms with E-state index in [-0.39, 0.29) is 18.5 Å². The Morgan fingerprint density at radius 1 is 1.29 bits per heavy atom. The molecule has 0 aromatic carbocycles. The van der Waals surface area contributed by atoms with Gasteiger partial charge in [0.25, 0.3) is 0 Å². The lowest BCUT2D eigenvalue weighted by atomic mass is 10.2. The van der Waals surface area contributed by atoms with Gasteiger partial charge >= 0.3 is 6.03 Å². The molecule has 2 atom stereocenters. The summed E-state index contributed by atoms with van der Waals surface area (Å²) in [5.41, 5.74) is 0. The average Bonchev–Trinajstić information content (AvgIpc) is 2.55. The molecule has 0 bridgehead atoms. The zero-order chi connectivity index (χ0) is 9.71. The first-order chi connectivity index (χ1) is 6.77. The third-order valence-corrected chi connectivity index (χ3v) is 3.60. The number of urea groups is 1. The summed E-state index contributed by atoms with van der Waals surface area (Å²) in [7, 11) is 0. The van der Waals surface area contributed by atoms with Crippen molar-refractivity contribution >= 4 is 11.9 Å². The zero-order valence-corrected chi connectivity index (χ0v) is 7.82. The summed E-state index contributed by atoms with van der Waals surface area (Å²) in [4.78, 5) is 23.9. The van der Waals surface area contributed by atoms with E-state index in [1.807, 2.05) is 0 Å². The maximum Gasteiger partial charge on any atom is 0.324 e. The summed E-state index contributed by atoms with van der Waals surface area (Å²) in [6.45, 7) is 2.92. The number of piperidine rings is 1. The molecule has 3 aliphatic rings. The van der Waals surface area contributed by atoms with Crippen molar-refractivity contribution < 1.29 is 9.59 Å². The second-order valence-electron chi connectivity index (χ2n) is 4.31. The molecular weight excluding hydrogens is 182 g/mol. The molecule has 1 aliphatic carbocycles. The first-order valence-electron chi connectivity index (χ1n) is 5.06. The minimum atomic E-state index is -0.215. The summed E-state index contributed by atoms with van der Waals surface area (Å²) in [6.07, 6.45) is 0. The van der Waals surface area contributed by atoms with Gasteiger partial charge in [-0.1, -0.05) is 0 Å². The average molecular weight is 195 g/mol. The summed E-state index contributed by atoms with van der Waals surface area (Å²) in [6, 6.07) is -0.215. The second-order valence-corrected chi connectivity index (χ2v) is 4.31. The van der Waals surface area contributed by atoms with Gasteiger partial charge in [-0.05, 0) is 30.8 Å². The fourth-order valence-corrected chi connectivity index (χ4v) is 2.67. The highest BCUT2D eigenvalue weighted by Gasteiger charge is 2.54. The summed E-state index contributed by atoms with van der Waals surface area (Å²) >= 11 is 0. The van der Waals surface area contributed by atoms with Gasteiger partial charge in [0.1, 0.15) is 0 Å². The van der Waals surface area contributed by atoms with Gasteiger partial charge in [-0.15, -0.1) is 0 Å². The Bertz CT molecular complexity index is 278. The number of amides is 3. The van der Waals surface area contributed by atoms with Gasteiger partial charge in [0.2, 0.25) is 5.91 Å². The van der Waals surface area contributed by atoms with Crippen LogP contribution in [0.25, 0.3) is 0 Å². The lowest BCUT2D eigenvalue weighted by Gasteiger charge is -2.13. The van der Waals surface area contributed by atoms with Crippen molar-refractivity contribution in [2.45, 2.75) is 0 Å². The second kappa shape index (κ2) is 2.70. The van der Waals surface area contributed by atoms with Crippen molar-refractivity contribution in [1.29, 1.82) is 0 Å². The van der Waals surface area contributed by atoms with Crippen molar-refractivity contribution in [3.8, 4) is 0 Å². The van der Waals surface area contributed by atoms with Crippen LogP contribution >= 0.6 is 0 Å². The minimum absolute atomic E-state index is 0.0760. The van der Waals surface area contributed by atoms with Crippen LogP contribution in [0.2, 0.25) is 0 Å². The topological polar surface area (TPSA) is 61.4 Å². The van der Waals surface area contributed by atoms with Crippen LogP contribution in [0.4, 0.5) is 4.79 Å². The van der Waals surface area contributed by atoms with E-state index in [1.54, 1.807) is 0 Å². The van der Waals surface area contributed by atoms with Gasteiger partial charge in [-0.3, -0.25) is 9.69 Å². The summed E-state index contributed by atoms with van der Waals surface area (Å²) in [5.74, 6) is 1.89. The lowest BCUT2D eigenvalue weighted by Crippen LogP contribution is -2.34.